The summed E-state index contributed by atoms with van der Waals surface area (Å²) in [5.74, 6) is -0.894. The fraction of sp³-hybridized carbons (Fsp3) is 0.133. The Morgan fingerprint density at radius 3 is 2.07 bits per heavy atom. The lowest BCUT2D eigenvalue weighted by atomic mass is 10.1. The zero-order valence-corrected chi connectivity index (χ0v) is 14.1. The summed E-state index contributed by atoms with van der Waals surface area (Å²) in [7, 11) is 1.32. The summed E-state index contributed by atoms with van der Waals surface area (Å²) in [5.41, 5.74) is -1.51. The first-order valence-corrected chi connectivity index (χ1v) is 7.36. The van der Waals surface area contributed by atoms with Crippen molar-refractivity contribution in [1.29, 1.82) is 0 Å². The number of nitro groups is 3. The van der Waals surface area contributed by atoms with E-state index in [-0.39, 0.29) is 22.6 Å². The van der Waals surface area contributed by atoms with Crippen LogP contribution in [0.5, 0.6) is 0 Å². The fourth-order valence-corrected chi connectivity index (χ4v) is 2.35. The number of hydrogen-bond acceptors (Lipinski definition) is 8. The number of carbonyl (C=O) groups excluding carboxylic acids is 1. The second-order valence-corrected chi connectivity index (χ2v) is 5.36. The van der Waals surface area contributed by atoms with Gasteiger partial charge in [0.05, 0.1) is 32.1 Å². The van der Waals surface area contributed by atoms with Gasteiger partial charge in [-0.1, -0.05) is 6.07 Å². The van der Waals surface area contributed by atoms with E-state index in [9.17, 15) is 35.1 Å². The molecule has 0 heterocycles. The number of rotatable bonds is 6. The van der Waals surface area contributed by atoms with Crippen LogP contribution in [0.4, 0.5) is 28.4 Å². The molecular formula is C15H13N5O7. The molecule has 0 unspecified atom stereocenters. The van der Waals surface area contributed by atoms with Crippen molar-refractivity contribution in [1.82, 2.24) is 0 Å². The van der Waals surface area contributed by atoms with E-state index in [4.69, 9.17) is 0 Å². The lowest BCUT2D eigenvalue weighted by Gasteiger charge is -2.12. The molecule has 0 aromatic heterocycles. The zero-order chi connectivity index (χ0) is 20.3. The third kappa shape index (κ3) is 3.95. The van der Waals surface area contributed by atoms with Crippen molar-refractivity contribution in [3.63, 3.8) is 0 Å². The molecule has 0 aliphatic rings. The molecule has 0 radical (unpaired) electrons. The Balaban J connectivity index is 2.56. The van der Waals surface area contributed by atoms with Crippen molar-refractivity contribution in [2.45, 2.75) is 6.92 Å². The highest BCUT2D eigenvalue weighted by atomic mass is 16.6. The Morgan fingerprint density at radius 1 is 0.926 bits per heavy atom. The highest BCUT2D eigenvalue weighted by molar-refractivity contribution is 6.10. The maximum atomic E-state index is 12.6. The van der Waals surface area contributed by atoms with Gasteiger partial charge in [-0.15, -0.1) is 0 Å². The van der Waals surface area contributed by atoms with Crippen molar-refractivity contribution < 1.29 is 19.6 Å². The molecule has 0 fully saturated rings. The largest absolute Gasteiger partial charge is 0.382 e. The molecule has 2 aromatic carbocycles. The van der Waals surface area contributed by atoms with Crippen LogP contribution in [0.15, 0.2) is 30.3 Å². The first-order chi connectivity index (χ1) is 12.6. The van der Waals surface area contributed by atoms with E-state index in [0.717, 1.165) is 18.2 Å². The average Bonchev–Trinajstić information content (AvgIpc) is 2.61. The topological polar surface area (TPSA) is 171 Å². The summed E-state index contributed by atoms with van der Waals surface area (Å²) in [5, 5.41) is 38.0. The molecule has 140 valence electrons. The molecule has 0 spiro atoms. The Morgan fingerprint density at radius 2 is 1.56 bits per heavy atom. The number of nitro benzene ring substituents is 3. The number of non-ortho nitro benzene ring substituents is 2. The maximum absolute atomic E-state index is 12.6. The Kier molecular flexibility index (Phi) is 5.29. The van der Waals surface area contributed by atoms with Crippen LogP contribution in [0.2, 0.25) is 0 Å². The third-order valence-electron chi connectivity index (χ3n) is 3.68. The first kappa shape index (κ1) is 19.2. The average molecular weight is 375 g/mol. The van der Waals surface area contributed by atoms with Crippen LogP contribution < -0.4 is 10.6 Å². The van der Waals surface area contributed by atoms with Crippen LogP contribution in [0.3, 0.4) is 0 Å². The van der Waals surface area contributed by atoms with Crippen LogP contribution in [-0.2, 0) is 0 Å². The molecule has 0 aliphatic heterocycles. The number of aryl methyl sites for hydroxylation is 1. The van der Waals surface area contributed by atoms with Crippen molar-refractivity contribution in [2.24, 2.45) is 0 Å². The van der Waals surface area contributed by atoms with Crippen LogP contribution in [0.1, 0.15) is 15.9 Å². The van der Waals surface area contributed by atoms with Crippen molar-refractivity contribution >= 4 is 34.3 Å². The number of amides is 1. The minimum atomic E-state index is -0.894. The molecule has 2 aromatic rings. The number of benzene rings is 2. The smallest absolute Gasteiger partial charge is 0.300 e. The highest BCUT2D eigenvalue weighted by Crippen LogP contribution is 2.34. The van der Waals surface area contributed by atoms with Gasteiger partial charge < -0.3 is 10.6 Å². The molecule has 12 nitrogen and oxygen atoms in total. The van der Waals surface area contributed by atoms with Crippen LogP contribution in [-0.4, -0.2) is 27.7 Å². The fourth-order valence-electron chi connectivity index (χ4n) is 2.35. The molecule has 0 atom stereocenters. The number of nitrogens with one attached hydrogen (secondary N) is 2. The van der Waals surface area contributed by atoms with Crippen molar-refractivity contribution in [2.75, 3.05) is 17.7 Å². The molecule has 27 heavy (non-hydrogen) atoms. The van der Waals surface area contributed by atoms with Gasteiger partial charge in [0.15, 0.2) is 0 Å². The van der Waals surface area contributed by atoms with Gasteiger partial charge in [0, 0.05) is 25.2 Å². The number of nitrogens with zero attached hydrogens (tertiary/aromatic N) is 3. The Hall–Kier alpha value is -4.09. The molecular weight excluding hydrogens is 362 g/mol. The molecule has 0 bridgehead atoms. The van der Waals surface area contributed by atoms with E-state index in [0.29, 0.717) is 5.56 Å². The van der Waals surface area contributed by atoms with E-state index in [2.05, 4.69) is 10.6 Å². The normalized spacial score (nSPS) is 10.1. The summed E-state index contributed by atoms with van der Waals surface area (Å²) >= 11 is 0. The monoisotopic (exact) mass is 375 g/mol. The van der Waals surface area contributed by atoms with E-state index in [1.54, 1.807) is 6.92 Å². The van der Waals surface area contributed by atoms with Gasteiger partial charge in [0.2, 0.25) is 0 Å². The number of hydrogen-bond donors (Lipinski definition) is 2. The summed E-state index contributed by atoms with van der Waals surface area (Å²) < 4.78 is 0. The first-order valence-electron chi connectivity index (χ1n) is 7.36. The van der Waals surface area contributed by atoms with E-state index in [1.165, 1.54) is 19.2 Å². The summed E-state index contributed by atoms with van der Waals surface area (Å²) in [6.45, 7) is 1.59. The van der Waals surface area contributed by atoms with E-state index >= 15 is 0 Å². The molecule has 2 rings (SSSR count). The van der Waals surface area contributed by atoms with Crippen LogP contribution in [0.25, 0.3) is 0 Å². The second kappa shape index (κ2) is 7.43. The summed E-state index contributed by atoms with van der Waals surface area (Å²) in [4.78, 5) is 43.4. The molecule has 12 heteroatoms. The summed E-state index contributed by atoms with van der Waals surface area (Å²) in [6.07, 6.45) is 0. The van der Waals surface area contributed by atoms with Crippen LogP contribution >= 0.6 is 0 Å². The lowest BCUT2D eigenvalue weighted by molar-refractivity contribution is -0.393. The quantitative estimate of drug-likeness (QED) is 0.573. The van der Waals surface area contributed by atoms with Crippen LogP contribution in [0, 0.1) is 37.3 Å². The van der Waals surface area contributed by atoms with Crippen molar-refractivity contribution in [3.8, 4) is 0 Å². The van der Waals surface area contributed by atoms with Gasteiger partial charge in [0.25, 0.3) is 23.0 Å². The standard InChI is InChI=1S/C15H13N5O7/c1-8-3-4-9(18(22)23)6-12(8)17-15(21)11-5-10(19(24)25)7-13(20(26)27)14(11)16-2/h3-7,16H,1-2H3,(H,17,21). The van der Waals surface area contributed by atoms with Gasteiger partial charge in [-0.3, -0.25) is 35.1 Å². The number of carbonyl (C=O) groups is 1. The van der Waals surface area contributed by atoms with Gasteiger partial charge in [-0.05, 0) is 12.5 Å². The molecule has 0 aliphatic carbocycles. The second-order valence-electron chi connectivity index (χ2n) is 5.36. The minimum absolute atomic E-state index is 0.102. The Labute approximate surface area is 151 Å². The highest BCUT2D eigenvalue weighted by Gasteiger charge is 2.27. The maximum Gasteiger partial charge on any atom is 0.300 e. The van der Waals surface area contributed by atoms with Gasteiger partial charge in [0.1, 0.15) is 5.69 Å². The minimum Gasteiger partial charge on any atom is -0.382 e. The van der Waals surface area contributed by atoms with E-state index in [1.807, 2.05) is 0 Å². The predicted octanol–water partition coefficient (Wildman–Crippen LogP) is 3.01. The summed E-state index contributed by atoms with van der Waals surface area (Å²) in [6, 6.07) is 5.42. The van der Waals surface area contributed by atoms with Gasteiger partial charge in [-0.25, -0.2) is 0 Å². The predicted molar refractivity (Wildman–Crippen MR) is 95.1 cm³/mol. The molecule has 1 amide bonds. The third-order valence-corrected chi connectivity index (χ3v) is 3.68. The van der Waals surface area contributed by atoms with Crippen molar-refractivity contribution in [3.05, 3.63) is 71.8 Å². The Bertz CT molecular complexity index is 973. The number of anilines is 2. The molecule has 0 saturated heterocycles. The van der Waals surface area contributed by atoms with Gasteiger partial charge >= 0.3 is 0 Å². The van der Waals surface area contributed by atoms with E-state index < -0.39 is 32.1 Å². The molecule has 0 saturated carbocycles. The SMILES string of the molecule is CNc1c(C(=O)Nc2cc([N+](=O)[O-])ccc2C)cc([N+](=O)[O-])cc1[N+](=O)[O-]. The lowest BCUT2D eigenvalue weighted by Crippen LogP contribution is -2.16. The zero-order valence-electron chi connectivity index (χ0n) is 14.1. The van der Waals surface area contributed by atoms with Gasteiger partial charge in [-0.2, -0.15) is 0 Å². The molecule has 2 N–H and O–H groups in total.